The number of nitrogens with two attached hydrogens (primary N) is 1. The molecule has 0 amide bonds. The zero-order chi connectivity index (χ0) is 7.28. The molecule has 3 N–H and O–H groups in total. The topological polar surface area (TPSA) is 38.0 Å². The largest absolute Gasteiger partial charge is 0.327 e. The first-order valence-corrected chi connectivity index (χ1v) is 3.67. The summed E-state index contributed by atoms with van der Waals surface area (Å²) in [6.07, 6.45) is 1.18. The van der Waals surface area contributed by atoms with Crippen molar-refractivity contribution in [2.75, 3.05) is 6.54 Å². The maximum absolute atomic E-state index is 5.61. The second-order valence-corrected chi connectivity index (χ2v) is 2.60. The monoisotopic (exact) mass is 130 g/mol. The maximum Gasteiger partial charge on any atom is 0.0188 e. The smallest absolute Gasteiger partial charge is 0.0188 e. The van der Waals surface area contributed by atoms with E-state index in [1.165, 1.54) is 6.42 Å². The molecule has 0 fully saturated rings. The molecular weight excluding hydrogens is 112 g/mol. The molecule has 56 valence electrons. The van der Waals surface area contributed by atoms with Gasteiger partial charge in [0.05, 0.1) is 0 Å². The first-order valence-electron chi connectivity index (χ1n) is 3.67. The summed E-state index contributed by atoms with van der Waals surface area (Å²) < 4.78 is 0. The van der Waals surface area contributed by atoms with Crippen LogP contribution in [0.5, 0.6) is 0 Å². The first-order chi connectivity index (χ1) is 4.18. The molecule has 9 heavy (non-hydrogen) atoms. The summed E-state index contributed by atoms with van der Waals surface area (Å²) in [4.78, 5) is 0. The molecule has 0 saturated carbocycles. The molecule has 2 heteroatoms. The van der Waals surface area contributed by atoms with Crippen LogP contribution < -0.4 is 11.1 Å². The molecule has 0 aromatic rings. The van der Waals surface area contributed by atoms with Crippen LogP contribution in [0.15, 0.2) is 0 Å². The normalized spacial score (nSPS) is 17.3. The standard InChI is InChI=1S/C7H18N2/c1-4-5-9-7(3)6(2)8/h6-7,9H,4-5,8H2,1-3H3/t6?,7-/m0/s1. The van der Waals surface area contributed by atoms with E-state index in [4.69, 9.17) is 5.73 Å². The van der Waals surface area contributed by atoms with E-state index in [-0.39, 0.29) is 6.04 Å². The lowest BCUT2D eigenvalue weighted by Crippen LogP contribution is -2.41. The van der Waals surface area contributed by atoms with Gasteiger partial charge in [0.1, 0.15) is 0 Å². The zero-order valence-corrected chi connectivity index (χ0v) is 6.65. The van der Waals surface area contributed by atoms with Crippen molar-refractivity contribution >= 4 is 0 Å². The average Bonchev–Trinajstić information content (AvgIpc) is 1.82. The van der Waals surface area contributed by atoms with Crippen LogP contribution in [-0.4, -0.2) is 18.6 Å². The van der Waals surface area contributed by atoms with Crippen molar-refractivity contribution < 1.29 is 0 Å². The summed E-state index contributed by atoms with van der Waals surface area (Å²) in [5.74, 6) is 0. The highest BCUT2D eigenvalue weighted by molar-refractivity contribution is 4.69. The quantitative estimate of drug-likeness (QED) is 0.588. The Kier molecular flexibility index (Phi) is 4.72. The summed E-state index contributed by atoms with van der Waals surface area (Å²) in [5, 5.41) is 3.31. The predicted molar refractivity (Wildman–Crippen MR) is 41.4 cm³/mol. The van der Waals surface area contributed by atoms with Crippen LogP contribution in [0.4, 0.5) is 0 Å². The Balaban J connectivity index is 3.16. The van der Waals surface area contributed by atoms with Crippen LogP contribution in [-0.2, 0) is 0 Å². The highest BCUT2D eigenvalue weighted by atomic mass is 14.9. The van der Waals surface area contributed by atoms with Gasteiger partial charge < -0.3 is 11.1 Å². The molecule has 2 atom stereocenters. The third kappa shape index (κ3) is 4.43. The van der Waals surface area contributed by atoms with Crippen LogP contribution in [0.25, 0.3) is 0 Å². The van der Waals surface area contributed by atoms with Crippen molar-refractivity contribution in [3.63, 3.8) is 0 Å². The Labute approximate surface area is 57.8 Å². The lowest BCUT2D eigenvalue weighted by Gasteiger charge is -2.16. The average molecular weight is 130 g/mol. The molecule has 0 aromatic heterocycles. The summed E-state index contributed by atoms with van der Waals surface area (Å²) in [5.41, 5.74) is 5.61. The Morgan fingerprint density at radius 3 is 2.33 bits per heavy atom. The number of nitrogens with one attached hydrogen (secondary N) is 1. The first kappa shape index (κ1) is 8.92. The molecule has 0 aromatic carbocycles. The third-order valence-electron chi connectivity index (χ3n) is 1.50. The van der Waals surface area contributed by atoms with Crippen molar-refractivity contribution in [1.82, 2.24) is 5.32 Å². The Morgan fingerprint density at radius 1 is 1.44 bits per heavy atom. The Morgan fingerprint density at radius 2 is 2.00 bits per heavy atom. The molecule has 0 radical (unpaired) electrons. The molecule has 0 rings (SSSR count). The van der Waals surface area contributed by atoms with Crippen molar-refractivity contribution in [3.05, 3.63) is 0 Å². The van der Waals surface area contributed by atoms with Gasteiger partial charge in [0.2, 0.25) is 0 Å². The zero-order valence-electron chi connectivity index (χ0n) is 6.65. The molecule has 0 aliphatic heterocycles. The van der Waals surface area contributed by atoms with Gasteiger partial charge in [-0.3, -0.25) is 0 Å². The van der Waals surface area contributed by atoms with E-state index in [1.54, 1.807) is 0 Å². The lowest BCUT2D eigenvalue weighted by atomic mass is 10.2. The number of rotatable bonds is 4. The van der Waals surface area contributed by atoms with Crippen LogP contribution in [0.3, 0.4) is 0 Å². The van der Waals surface area contributed by atoms with Gasteiger partial charge in [-0.1, -0.05) is 6.92 Å². The van der Waals surface area contributed by atoms with Crippen LogP contribution in [0.2, 0.25) is 0 Å². The molecule has 1 unspecified atom stereocenters. The molecular formula is C7H18N2. The minimum atomic E-state index is 0.261. The van der Waals surface area contributed by atoms with Gasteiger partial charge in [0, 0.05) is 12.1 Å². The van der Waals surface area contributed by atoms with Gasteiger partial charge in [0.15, 0.2) is 0 Å². The molecule has 2 nitrogen and oxygen atoms in total. The van der Waals surface area contributed by atoms with Gasteiger partial charge in [-0.05, 0) is 26.8 Å². The van der Waals surface area contributed by atoms with E-state index in [9.17, 15) is 0 Å². The van der Waals surface area contributed by atoms with Crippen molar-refractivity contribution in [3.8, 4) is 0 Å². The highest BCUT2D eigenvalue weighted by Gasteiger charge is 2.03. The fraction of sp³-hybridized carbons (Fsp3) is 1.00. The highest BCUT2D eigenvalue weighted by Crippen LogP contribution is 1.86. The molecule has 0 heterocycles. The van der Waals surface area contributed by atoms with Crippen molar-refractivity contribution in [2.45, 2.75) is 39.3 Å². The van der Waals surface area contributed by atoms with Crippen LogP contribution in [0.1, 0.15) is 27.2 Å². The van der Waals surface area contributed by atoms with E-state index in [1.807, 2.05) is 6.92 Å². The van der Waals surface area contributed by atoms with E-state index in [2.05, 4.69) is 19.2 Å². The van der Waals surface area contributed by atoms with E-state index < -0.39 is 0 Å². The van der Waals surface area contributed by atoms with Gasteiger partial charge in [0.25, 0.3) is 0 Å². The van der Waals surface area contributed by atoms with Crippen LogP contribution >= 0.6 is 0 Å². The fourth-order valence-corrected chi connectivity index (χ4v) is 0.558. The third-order valence-corrected chi connectivity index (χ3v) is 1.50. The Bertz CT molecular complexity index is 61.9. The fourth-order valence-electron chi connectivity index (χ4n) is 0.558. The molecule has 0 aliphatic rings. The SMILES string of the molecule is CCCN[C@@H](C)C(C)N. The van der Waals surface area contributed by atoms with Crippen molar-refractivity contribution in [1.29, 1.82) is 0 Å². The van der Waals surface area contributed by atoms with E-state index in [0.29, 0.717) is 6.04 Å². The molecule has 0 saturated heterocycles. The van der Waals surface area contributed by atoms with Gasteiger partial charge in [-0.25, -0.2) is 0 Å². The molecule has 0 bridgehead atoms. The number of hydrogen-bond donors (Lipinski definition) is 2. The van der Waals surface area contributed by atoms with Crippen molar-refractivity contribution in [2.24, 2.45) is 5.73 Å². The van der Waals surface area contributed by atoms with Gasteiger partial charge >= 0.3 is 0 Å². The van der Waals surface area contributed by atoms with Crippen LogP contribution in [0, 0.1) is 0 Å². The van der Waals surface area contributed by atoms with E-state index in [0.717, 1.165) is 6.54 Å². The summed E-state index contributed by atoms with van der Waals surface area (Å²) in [7, 11) is 0. The lowest BCUT2D eigenvalue weighted by molar-refractivity contribution is 0.478. The Hall–Kier alpha value is -0.0800. The molecule has 0 aliphatic carbocycles. The van der Waals surface area contributed by atoms with Gasteiger partial charge in [-0.2, -0.15) is 0 Å². The summed E-state index contributed by atoms with van der Waals surface area (Å²) in [6, 6.07) is 0.710. The number of hydrogen-bond acceptors (Lipinski definition) is 2. The minimum Gasteiger partial charge on any atom is -0.327 e. The second-order valence-electron chi connectivity index (χ2n) is 2.60. The second kappa shape index (κ2) is 4.77. The molecule has 0 spiro atoms. The maximum atomic E-state index is 5.61. The van der Waals surface area contributed by atoms with E-state index >= 15 is 0 Å². The summed E-state index contributed by atoms with van der Waals surface area (Å²) in [6.45, 7) is 7.36. The van der Waals surface area contributed by atoms with Gasteiger partial charge in [-0.15, -0.1) is 0 Å². The summed E-state index contributed by atoms with van der Waals surface area (Å²) >= 11 is 0. The predicted octanol–water partition coefficient (Wildman–Crippen LogP) is 0.722. The minimum absolute atomic E-state index is 0.261.